The van der Waals surface area contributed by atoms with Gasteiger partial charge in [-0.25, -0.2) is 4.98 Å². The summed E-state index contributed by atoms with van der Waals surface area (Å²) in [5.74, 6) is 1.55. The van der Waals surface area contributed by atoms with Gasteiger partial charge in [0.25, 0.3) is 0 Å². The molecule has 3 aliphatic rings. The first-order valence-corrected chi connectivity index (χ1v) is 14.2. The van der Waals surface area contributed by atoms with Crippen LogP contribution >= 0.6 is 0 Å². The summed E-state index contributed by atoms with van der Waals surface area (Å²) in [5.41, 5.74) is 2.33. The van der Waals surface area contributed by atoms with Crippen LogP contribution in [-0.2, 0) is 9.53 Å². The van der Waals surface area contributed by atoms with E-state index in [4.69, 9.17) is 14.7 Å². The summed E-state index contributed by atoms with van der Waals surface area (Å²) in [6.45, 7) is 7.42. The molecule has 4 heterocycles. The standard InChI is InChI=1S/C28H43N5O3/c1-3-4-19(2)30-28-29-17-24-25(18-33(26(24)31-28)22-5-7-23(34)8-6-22)20-9-13-32(14-10-20)27(35)21-11-15-36-16-12-21/h17-23,34H,3-16H2,1-2H3,(H,29,30,31)/t19-,22?,23?/m0/s1. The van der Waals surface area contributed by atoms with Gasteiger partial charge in [0.15, 0.2) is 0 Å². The van der Waals surface area contributed by atoms with E-state index < -0.39 is 0 Å². The van der Waals surface area contributed by atoms with E-state index in [0.29, 0.717) is 43.1 Å². The van der Waals surface area contributed by atoms with E-state index in [1.54, 1.807) is 0 Å². The number of aliphatic hydroxyl groups excluding tert-OH is 1. The van der Waals surface area contributed by atoms with Crippen LogP contribution < -0.4 is 5.32 Å². The summed E-state index contributed by atoms with van der Waals surface area (Å²) in [6, 6.07) is 0.688. The van der Waals surface area contributed by atoms with Crippen molar-refractivity contribution in [3.63, 3.8) is 0 Å². The smallest absolute Gasteiger partial charge is 0.225 e. The van der Waals surface area contributed by atoms with Crippen LogP contribution in [0.25, 0.3) is 11.0 Å². The number of ether oxygens (including phenoxy) is 1. The van der Waals surface area contributed by atoms with E-state index >= 15 is 0 Å². The van der Waals surface area contributed by atoms with Crippen molar-refractivity contribution in [1.29, 1.82) is 0 Å². The minimum absolute atomic E-state index is 0.133. The van der Waals surface area contributed by atoms with Crippen molar-refractivity contribution in [2.45, 2.75) is 102 Å². The molecule has 5 rings (SSSR count). The summed E-state index contributed by atoms with van der Waals surface area (Å²) in [5, 5.41) is 14.7. The van der Waals surface area contributed by atoms with Crippen molar-refractivity contribution < 1.29 is 14.6 Å². The van der Waals surface area contributed by atoms with E-state index in [0.717, 1.165) is 88.3 Å². The molecule has 0 spiro atoms. The molecule has 2 N–H and O–H groups in total. The normalized spacial score (nSPS) is 25.2. The maximum atomic E-state index is 13.0. The van der Waals surface area contributed by atoms with Gasteiger partial charge in [0.05, 0.1) is 6.10 Å². The number of carbonyl (C=O) groups is 1. The zero-order chi connectivity index (χ0) is 25.1. The maximum absolute atomic E-state index is 13.0. The number of nitrogens with one attached hydrogen (secondary N) is 1. The van der Waals surface area contributed by atoms with Crippen LogP contribution in [0.15, 0.2) is 12.4 Å². The lowest BCUT2D eigenvalue weighted by atomic mass is 9.88. The molecular formula is C28H43N5O3. The van der Waals surface area contributed by atoms with Gasteiger partial charge in [-0.1, -0.05) is 13.3 Å². The average molecular weight is 498 g/mol. The predicted molar refractivity (Wildman–Crippen MR) is 141 cm³/mol. The molecule has 1 aliphatic carbocycles. The number of nitrogens with zero attached hydrogens (tertiary/aromatic N) is 4. The van der Waals surface area contributed by atoms with Gasteiger partial charge in [-0.2, -0.15) is 4.98 Å². The zero-order valence-electron chi connectivity index (χ0n) is 22.0. The first-order chi connectivity index (χ1) is 17.5. The van der Waals surface area contributed by atoms with Gasteiger partial charge in [-0.05, 0) is 76.2 Å². The summed E-state index contributed by atoms with van der Waals surface area (Å²) in [7, 11) is 0. The summed E-state index contributed by atoms with van der Waals surface area (Å²) >= 11 is 0. The van der Waals surface area contributed by atoms with E-state index in [9.17, 15) is 9.90 Å². The highest BCUT2D eigenvalue weighted by atomic mass is 16.5. The highest BCUT2D eigenvalue weighted by molar-refractivity contribution is 5.82. The first-order valence-electron chi connectivity index (χ1n) is 14.2. The Labute approximate surface area is 214 Å². The molecule has 0 aromatic carbocycles. The molecule has 2 aromatic heterocycles. The third-order valence-corrected chi connectivity index (χ3v) is 8.58. The van der Waals surface area contributed by atoms with Crippen LogP contribution in [-0.4, -0.2) is 68.9 Å². The van der Waals surface area contributed by atoms with Gasteiger partial charge in [0.1, 0.15) is 5.65 Å². The number of aliphatic hydroxyl groups is 1. The van der Waals surface area contributed by atoms with Gasteiger partial charge in [-0.15, -0.1) is 0 Å². The third kappa shape index (κ3) is 5.54. The van der Waals surface area contributed by atoms with Crippen molar-refractivity contribution >= 4 is 22.9 Å². The van der Waals surface area contributed by atoms with E-state index in [1.165, 1.54) is 5.56 Å². The summed E-state index contributed by atoms with van der Waals surface area (Å²) in [4.78, 5) is 24.8. The molecule has 198 valence electrons. The van der Waals surface area contributed by atoms with Gasteiger partial charge in [0, 0.05) is 62.1 Å². The SMILES string of the molecule is CCC[C@H](C)Nc1ncc2c(C3CCN(C(=O)C4CCOCC4)CC3)cn(C3CCC(O)CC3)c2n1. The van der Waals surface area contributed by atoms with Crippen LogP contribution in [0.4, 0.5) is 5.95 Å². The van der Waals surface area contributed by atoms with Crippen molar-refractivity contribution in [2.75, 3.05) is 31.6 Å². The minimum atomic E-state index is -0.179. The van der Waals surface area contributed by atoms with E-state index in [1.807, 2.05) is 6.20 Å². The quantitative estimate of drug-likeness (QED) is 0.579. The lowest BCUT2D eigenvalue weighted by molar-refractivity contribution is -0.139. The Morgan fingerprint density at radius 3 is 2.56 bits per heavy atom. The molecule has 0 unspecified atom stereocenters. The van der Waals surface area contributed by atoms with Gasteiger partial charge in [0.2, 0.25) is 11.9 Å². The fourth-order valence-electron chi connectivity index (χ4n) is 6.40. The molecule has 8 heteroatoms. The van der Waals surface area contributed by atoms with Crippen molar-refractivity contribution in [2.24, 2.45) is 5.92 Å². The largest absolute Gasteiger partial charge is 0.393 e. The van der Waals surface area contributed by atoms with Gasteiger partial charge >= 0.3 is 0 Å². The first kappa shape index (κ1) is 25.5. The fourth-order valence-corrected chi connectivity index (χ4v) is 6.40. The molecule has 1 atom stereocenters. The van der Waals surface area contributed by atoms with Crippen molar-refractivity contribution in [1.82, 2.24) is 19.4 Å². The molecule has 0 radical (unpaired) electrons. The molecule has 2 aliphatic heterocycles. The molecule has 36 heavy (non-hydrogen) atoms. The lowest BCUT2D eigenvalue weighted by Gasteiger charge is -2.35. The van der Waals surface area contributed by atoms with Crippen LogP contribution in [0.1, 0.15) is 95.6 Å². The average Bonchev–Trinajstić information content (AvgIpc) is 3.28. The van der Waals surface area contributed by atoms with Crippen LogP contribution in [0, 0.1) is 5.92 Å². The minimum Gasteiger partial charge on any atom is -0.393 e. The molecule has 0 bridgehead atoms. The Balaban J connectivity index is 1.36. The Morgan fingerprint density at radius 2 is 1.86 bits per heavy atom. The molecule has 2 aromatic rings. The van der Waals surface area contributed by atoms with E-state index in [2.05, 4.69) is 34.8 Å². The topological polar surface area (TPSA) is 92.5 Å². The number of piperidine rings is 1. The predicted octanol–water partition coefficient (Wildman–Crippen LogP) is 4.64. The van der Waals surface area contributed by atoms with Crippen molar-refractivity contribution in [3.8, 4) is 0 Å². The Morgan fingerprint density at radius 1 is 1.14 bits per heavy atom. The number of hydrogen-bond donors (Lipinski definition) is 2. The monoisotopic (exact) mass is 497 g/mol. The number of anilines is 1. The zero-order valence-corrected chi connectivity index (χ0v) is 22.0. The summed E-state index contributed by atoms with van der Waals surface area (Å²) < 4.78 is 7.82. The molecule has 1 saturated carbocycles. The lowest BCUT2D eigenvalue weighted by Crippen LogP contribution is -2.42. The second kappa shape index (κ2) is 11.5. The molecule has 2 saturated heterocycles. The highest BCUT2D eigenvalue weighted by Gasteiger charge is 2.32. The fraction of sp³-hybridized carbons (Fsp3) is 0.750. The van der Waals surface area contributed by atoms with Crippen molar-refractivity contribution in [3.05, 3.63) is 18.0 Å². The van der Waals surface area contributed by atoms with E-state index in [-0.39, 0.29) is 12.0 Å². The Hall–Kier alpha value is -2.19. The second-order valence-corrected chi connectivity index (χ2v) is 11.2. The van der Waals surface area contributed by atoms with Crippen LogP contribution in [0.5, 0.6) is 0 Å². The molecule has 8 nitrogen and oxygen atoms in total. The summed E-state index contributed by atoms with van der Waals surface area (Å²) in [6.07, 6.45) is 13.6. The number of carbonyl (C=O) groups excluding carboxylic acids is 1. The Bertz CT molecular complexity index is 1020. The third-order valence-electron chi connectivity index (χ3n) is 8.58. The number of amides is 1. The second-order valence-electron chi connectivity index (χ2n) is 11.2. The van der Waals surface area contributed by atoms with Gasteiger partial charge in [-0.3, -0.25) is 4.79 Å². The van der Waals surface area contributed by atoms with Crippen LogP contribution in [0.3, 0.4) is 0 Å². The van der Waals surface area contributed by atoms with Gasteiger partial charge < -0.3 is 24.6 Å². The number of rotatable bonds is 7. The number of hydrogen-bond acceptors (Lipinski definition) is 6. The molecule has 3 fully saturated rings. The highest BCUT2D eigenvalue weighted by Crippen LogP contribution is 2.38. The Kier molecular flexibility index (Phi) is 8.11. The number of likely N-dealkylation sites (tertiary alicyclic amines) is 1. The molecule has 1 amide bonds. The van der Waals surface area contributed by atoms with Crippen LogP contribution in [0.2, 0.25) is 0 Å². The maximum Gasteiger partial charge on any atom is 0.225 e. The molecular weight excluding hydrogens is 454 g/mol. The number of aromatic nitrogens is 3. The number of fused-ring (bicyclic) bond motifs is 1.